The Kier molecular flexibility index (Phi) is 3.35. The summed E-state index contributed by atoms with van der Waals surface area (Å²) >= 11 is 0. The number of nitrogens with two attached hydrogens (primary N) is 1. The highest BCUT2D eigenvalue weighted by molar-refractivity contribution is 5.56. The minimum absolute atomic E-state index is 0.113. The SMILES string of the molecule is Cc1cc(C(C)Nc2nc(C3CC3)nc(N)c2C)c(C)o1. The summed E-state index contributed by atoms with van der Waals surface area (Å²) < 4.78 is 5.60. The maximum absolute atomic E-state index is 6.03. The van der Waals surface area contributed by atoms with E-state index >= 15 is 0 Å². The maximum atomic E-state index is 6.03. The molecule has 0 saturated heterocycles. The second-order valence-electron chi connectivity index (χ2n) is 5.95. The van der Waals surface area contributed by atoms with Gasteiger partial charge in [-0.1, -0.05) is 0 Å². The summed E-state index contributed by atoms with van der Waals surface area (Å²) in [5.74, 6) is 4.62. The average Bonchev–Trinajstić information content (AvgIpc) is 3.20. The van der Waals surface area contributed by atoms with E-state index in [1.54, 1.807) is 0 Å². The van der Waals surface area contributed by atoms with Gasteiger partial charge >= 0.3 is 0 Å². The molecule has 2 aromatic heterocycles. The number of hydrogen-bond acceptors (Lipinski definition) is 5. The van der Waals surface area contributed by atoms with Crippen LogP contribution >= 0.6 is 0 Å². The molecule has 0 amide bonds. The van der Waals surface area contributed by atoms with Crippen LogP contribution < -0.4 is 11.1 Å². The first-order valence-electron chi connectivity index (χ1n) is 7.43. The number of furan rings is 1. The Labute approximate surface area is 125 Å². The zero-order chi connectivity index (χ0) is 15.1. The molecule has 1 fully saturated rings. The van der Waals surface area contributed by atoms with E-state index in [0.717, 1.165) is 47.1 Å². The number of nitrogen functional groups attached to an aromatic ring is 1. The van der Waals surface area contributed by atoms with Crippen LogP contribution in [0.2, 0.25) is 0 Å². The van der Waals surface area contributed by atoms with Crippen molar-refractivity contribution in [2.75, 3.05) is 11.1 Å². The van der Waals surface area contributed by atoms with Crippen LogP contribution in [0.3, 0.4) is 0 Å². The molecule has 21 heavy (non-hydrogen) atoms. The van der Waals surface area contributed by atoms with E-state index in [1.165, 1.54) is 0 Å². The van der Waals surface area contributed by atoms with E-state index in [4.69, 9.17) is 10.2 Å². The van der Waals surface area contributed by atoms with Crippen LogP contribution in [0.4, 0.5) is 11.6 Å². The standard InChI is InChI=1S/C16H22N4O/c1-8-7-13(11(4)21-8)10(3)18-15-9(2)14(17)19-16(20-15)12-5-6-12/h7,10,12H,5-6H2,1-4H3,(H3,17,18,19,20). The number of nitrogens with one attached hydrogen (secondary N) is 1. The summed E-state index contributed by atoms with van der Waals surface area (Å²) in [5, 5.41) is 3.45. The molecule has 1 unspecified atom stereocenters. The van der Waals surface area contributed by atoms with Gasteiger partial charge in [0.1, 0.15) is 29.0 Å². The summed E-state index contributed by atoms with van der Waals surface area (Å²) in [6, 6.07) is 2.18. The molecule has 0 aromatic carbocycles. The third-order valence-electron chi connectivity index (χ3n) is 4.04. The van der Waals surface area contributed by atoms with Crippen LogP contribution in [0.25, 0.3) is 0 Å². The first-order valence-corrected chi connectivity index (χ1v) is 7.43. The number of aromatic nitrogens is 2. The van der Waals surface area contributed by atoms with Gasteiger partial charge in [-0.3, -0.25) is 0 Å². The molecular weight excluding hydrogens is 264 g/mol. The Hall–Kier alpha value is -2.04. The van der Waals surface area contributed by atoms with Gasteiger partial charge in [-0.05, 0) is 46.6 Å². The zero-order valence-electron chi connectivity index (χ0n) is 13.0. The summed E-state index contributed by atoms with van der Waals surface area (Å²) in [7, 11) is 0. The van der Waals surface area contributed by atoms with Crippen molar-refractivity contribution in [3.8, 4) is 0 Å². The highest BCUT2D eigenvalue weighted by Gasteiger charge is 2.28. The summed E-state index contributed by atoms with van der Waals surface area (Å²) in [6.45, 7) is 8.00. The van der Waals surface area contributed by atoms with Crippen molar-refractivity contribution in [3.63, 3.8) is 0 Å². The summed E-state index contributed by atoms with van der Waals surface area (Å²) in [4.78, 5) is 9.07. The monoisotopic (exact) mass is 286 g/mol. The molecule has 5 heteroatoms. The molecule has 3 rings (SSSR count). The van der Waals surface area contributed by atoms with Crippen LogP contribution in [0, 0.1) is 20.8 Å². The van der Waals surface area contributed by atoms with Crippen LogP contribution in [0.5, 0.6) is 0 Å². The fraction of sp³-hybridized carbons (Fsp3) is 0.500. The third kappa shape index (κ3) is 2.73. The van der Waals surface area contributed by atoms with E-state index < -0.39 is 0 Å². The van der Waals surface area contributed by atoms with E-state index in [0.29, 0.717) is 11.7 Å². The van der Waals surface area contributed by atoms with E-state index in [2.05, 4.69) is 28.3 Å². The van der Waals surface area contributed by atoms with Crippen molar-refractivity contribution in [1.82, 2.24) is 9.97 Å². The van der Waals surface area contributed by atoms with Gasteiger partial charge in [-0.2, -0.15) is 0 Å². The molecular formula is C16H22N4O. The molecule has 1 atom stereocenters. The molecule has 0 spiro atoms. The Bertz CT molecular complexity index is 673. The smallest absolute Gasteiger partial charge is 0.136 e. The van der Waals surface area contributed by atoms with Crippen molar-refractivity contribution in [2.45, 2.75) is 52.5 Å². The molecule has 2 heterocycles. The van der Waals surface area contributed by atoms with Gasteiger partial charge in [0.05, 0.1) is 6.04 Å². The van der Waals surface area contributed by atoms with Gasteiger partial charge < -0.3 is 15.5 Å². The predicted molar refractivity (Wildman–Crippen MR) is 83.4 cm³/mol. The molecule has 0 aliphatic heterocycles. The lowest BCUT2D eigenvalue weighted by atomic mass is 10.1. The van der Waals surface area contributed by atoms with E-state index in [-0.39, 0.29) is 6.04 Å². The second kappa shape index (κ2) is 5.06. The molecule has 1 aliphatic rings. The minimum Gasteiger partial charge on any atom is -0.466 e. The Morgan fingerprint density at radius 2 is 2.00 bits per heavy atom. The lowest BCUT2D eigenvalue weighted by molar-refractivity contribution is 0.499. The number of nitrogens with zero attached hydrogens (tertiary/aromatic N) is 2. The molecule has 5 nitrogen and oxygen atoms in total. The van der Waals surface area contributed by atoms with E-state index in [9.17, 15) is 0 Å². The largest absolute Gasteiger partial charge is 0.466 e. The van der Waals surface area contributed by atoms with Crippen molar-refractivity contribution in [3.05, 3.63) is 34.5 Å². The highest BCUT2D eigenvalue weighted by Crippen LogP contribution is 2.39. The first-order chi connectivity index (χ1) is 9.95. The van der Waals surface area contributed by atoms with Crippen molar-refractivity contribution in [1.29, 1.82) is 0 Å². The van der Waals surface area contributed by atoms with Gasteiger partial charge in [0, 0.05) is 17.0 Å². The van der Waals surface area contributed by atoms with Gasteiger partial charge in [0.15, 0.2) is 0 Å². The molecule has 3 N–H and O–H groups in total. The maximum Gasteiger partial charge on any atom is 0.136 e. The number of hydrogen-bond donors (Lipinski definition) is 2. The van der Waals surface area contributed by atoms with Crippen LogP contribution in [-0.2, 0) is 0 Å². The van der Waals surface area contributed by atoms with Crippen LogP contribution in [-0.4, -0.2) is 9.97 Å². The van der Waals surface area contributed by atoms with Crippen LogP contribution in [0.1, 0.15) is 60.2 Å². The van der Waals surface area contributed by atoms with Crippen molar-refractivity contribution >= 4 is 11.6 Å². The van der Waals surface area contributed by atoms with Gasteiger partial charge in [-0.15, -0.1) is 0 Å². The fourth-order valence-corrected chi connectivity index (χ4v) is 2.58. The topological polar surface area (TPSA) is 77.0 Å². The quantitative estimate of drug-likeness (QED) is 0.897. The Balaban J connectivity index is 1.88. The summed E-state index contributed by atoms with van der Waals surface area (Å²) in [5.41, 5.74) is 8.08. The molecule has 112 valence electrons. The van der Waals surface area contributed by atoms with Gasteiger partial charge in [-0.25, -0.2) is 9.97 Å². The van der Waals surface area contributed by atoms with Gasteiger partial charge in [0.2, 0.25) is 0 Å². The van der Waals surface area contributed by atoms with Crippen molar-refractivity contribution < 1.29 is 4.42 Å². The average molecular weight is 286 g/mol. The molecule has 1 aliphatic carbocycles. The second-order valence-corrected chi connectivity index (χ2v) is 5.95. The minimum atomic E-state index is 0.113. The third-order valence-corrected chi connectivity index (χ3v) is 4.04. The van der Waals surface area contributed by atoms with Crippen molar-refractivity contribution in [2.24, 2.45) is 0 Å². The Morgan fingerprint density at radius 3 is 2.57 bits per heavy atom. The molecule has 1 saturated carbocycles. The molecule has 2 aromatic rings. The van der Waals surface area contributed by atoms with E-state index in [1.807, 2.05) is 20.8 Å². The lowest BCUT2D eigenvalue weighted by Crippen LogP contribution is -2.13. The number of aryl methyl sites for hydroxylation is 2. The molecule has 0 radical (unpaired) electrons. The van der Waals surface area contributed by atoms with Gasteiger partial charge in [0.25, 0.3) is 0 Å². The number of anilines is 2. The predicted octanol–water partition coefficient (Wildman–Crippen LogP) is 3.63. The highest BCUT2D eigenvalue weighted by atomic mass is 16.3. The number of rotatable bonds is 4. The Morgan fingerprint density at radius 1 is 1.29 bits per heavy atom. The lowest BCUT2D eigenvalue weighted by Gasteiger charge is -2.17. The zero-order valence-corrected chi connectivity index (χ0v) is 13.0. The first kappa shape index (κ1) is 13.9. The molecule has 0 bridgehead atoms. The fourth-order valence-electron chi connectivity index (χ4n) is 2.58. The van der Waals surface area contributed by atoms with Crippen LogP contribution in [0.15, 0.2) is 10.5 Å². The summed E-state index contributed by atoms with van der Waals surface area (Å²) in [6.07, 6.45) is 2.33. The normalized spacial score (nSPS) is 16.0.